The van der Waals surface area contributed by atoms with E-state index in [0.717, 1.165) is 25.9 Å². The molecule has 0 aromatic carbocycles. The number of hydrogen-bond donors (Lipinski definition) is 2. The van der Waals surface area contributed by atoms with Crippen LogP contribution in [0.5, 0.6) is 0 Å². The Labute approximate surface area is 115 Å². The third-order valence-electron chi connectivity index (χ3n) is 3.07. The van der Waals surface area contributed by atoms with Gasteiger partial charge in [0.25, 0.3) is 0 Å². The van der Waals surface area contributed by atoms with Crippen LogP contribution in [0.1, 0.15) is 34.6 Å². The molecule has 1 saturated heterocycles. The lowest BCUT2D eigenvalue weighted by Gasteiger charge is -2.14. The SMILES string of the molecule is Cc1sc(NCCC(=O)N2CCCC2)nc1C(=O)O. The summed E-state index contributed by atoms with van der Waals surface area (Å²) in [6.07, 6.45) is 2.60. The summed E-state index contributed by atoms with van der Waals surface area (Å²) in [6, 6.07) is 0. The number of carboxylic acids is 1. The summed E-state index contributed by atoms with van der Waals surface area (Å²) in [5.41, 5.74) is 0.0818. The zero-order valence-corrected chi connectivity index (χ0v) is 11.6. The van der Waals surface area contributed by atoms with E-state index >= 15 is 0 Å². The van der Waals surface area contributed by atoms with Gasteiger partial charge in [0.05, 0.1) is 0 Å². The lowest BCUT2D eigenvalue weighted by Crippen LogP contribution is -2.29. The average Bonchev–Trinajstić information content (AvgIpc) is 2.98. The summed E-state index contributed by atoms with van der Waals surface area (Å²) in [5.74, 6) is -0.869. The second-order valence-corrected chi connectivity index (χ2v) is 5.70. The molecule has 0 atom stereocenters. The zero-order chi connectivity index (χ0) is 13.8. The molecule has 1 fully saturated rings. The van der Waals surface area contributed by atoms with E-state index in [2.05, 4.69) is 10.3 Å². The van der Waals surface area contributed by atoms with Crippen LogP contribution in [0.2, 0.25) is 0 Å². The number of carboxylic acid groups (broad SMARTS) is 1. The Hall–Kier alpha value is -1.63. The molecule has 6 nitrogen and oxygen atoms in total. The molecule has 2 N–H and O–H groups in total. The summed E-state index contributed by atoms with van der Waals surface area (Å²) < 4.78 is 0. The van der Waals surface area contributed by atoms with Crippen molar-refractivity contribution in [1.29, 1.82) is 0 Å². The lowest BCUT2D eigenvalue weighted by atomic mass is 10.3. The molecule has 1 aromatic rings. The summed E-state index contributed by atoms with van der Waals surface area (Å²) in [5, 5.41) is 12.5. The number of hydrogen-bond acceptors (Lipinski definition) is 5. The quantitative estimate of drug-likeness (QED) is 0.857. The number of anilines is 1. The fraction of sp³-hybridized carbons (Fsp3) is 0.583. The zero-order valence-electron chi connectivity index (χ0n) is 10.8. The van der Waals surface area contributed by atoms with Crippen molar-refractivity contribution in [3.8, 4) is 0 Å². The van der Waals surface area contributed by atoms with Crippen molar-refractivity contribution < 1.29 is 14.7 Å². The van der Waals surface area contributed by atoms with Gasteiger partial charge >= 0.3 is 5.97 Å². The first-order valence-corrected chi connectivity index (χ1v) is 7.12. The van der Waals surface area contributed by atoms with Gasteiger partial charge in [0, 0.05) is 30.9 Å². The third kappa shape index (κ3) is 3.44. The van der Waals surface area contributed by atoms with Crippen molar-refractivity contribution in [2.24, 2.45) is 0 Å². The van der Waals surface area contributed by atoms with E-state index in [9.17, 15) is 9.59 Å². The Morgan fingerprint density at radius 3 is 2.68 bits per heavy atom. The molecule has 1 aromatic heterocycles. The van der Waals surface area contributed by atoms with Gasteiger partial charge in [-0.1, -0.05) is 0 Å². The Kier molecular flexibility index (Phi) is 4.36. The molecule has 0 spiro atoms. The van der Waals surface area contributed by atoms with Gasteiger partial charge in [0.15, 0.2) is 10.8 Å². The predicted octanol–water partition coefficient (Wildman–Crippen LogP) is 1.57. The minimum absolute atomic E-state index is 0.0818. The van der Waals surface area contributed by atoms with E-state index in [1.165, 1.54) is 11.3 Å². The molecule has 7 heteroatoms. The maximum Gasteiger partial charge on any atom is 0.355 e. The van der Waals surface area contributed by atoms with Crippen molar-refractivity contribution in [2.75, 3.05) is 25.0 Å². The summed E-state index contributed by atoms with van der Waals surface area (Å²) in [4.78, 5) is 29.2. The normalized spacial score (nSPS) is 14.7. The number of nitrogens with zero attached hydrogens (tertiary/aromatic N) is 2. The number of carbonyl (C=O) groups is 2. The molecule has 0 unspecified atom stereocenters. The van der Waals surface area contributed by atoms with Crippen molar-refractivity contribution in [3.63, 3.8) is 0 Å². The fourth-order valence-electron chi connectivity index (χ4n) is 2.07. The Morgan fingerprint density at radius 1 is 1.42 bits per heavy atom. The molecule has 0 radical (unpaired) electrons. The predicted molar refractivity (Wildman–Crippen MR) is 72.7 cm³/mol. The van der Waals surface area contributed by atoms with Gasteiger partial charge in [-0.15, -0.1) is 11.3 Å². The molecule has 19 heavy (non-hydrogen) atoms. The first-order chi connectivity index (χ1) is 9.08. The molecule has 0 saturated carbocycles. The van der Waals surface area contributed by atoms with E-state index in [0.29, 0.717) is 23.0 Å². The van der Waals surface area contributed by atoms with Gasteiger partial charge in [0.1, 0.15) is 0 Å². The first-order valence-electron chi connectivity index (χ1n) is 6.30. The van der Waals surface area contributed by atoms with Gasteiger partial charge < -0.3 is 15.3 Å². The fourth-order valence-corrected chi connectivity index (χ4v) is 2.90. The number of carbonyl (C=O) groups excluding carboxylic acids is 1. The number of rotatable bonds is 5. The van der Waals surface area contributed by atoms with Crippen LogP contribution < -0.4 is 5.32 Å². The first kappa shape index (κ1) is 13.8. The second kappa shape index (κ2) is 6.01. The molecular weight excluding hydrogens is 266 g/mol. The minimum atomic E-state index is -1.02. The van der Waals surface area contributed by atoms with E-state index in [-0.39, 0.29) is 11.6 Å². The minimum Gasteiger partial charge on any atom is -0.476 e. The molecule has 0 bridgehead atoms. The molecule has 1 amide bonds. The Morgan fingerprint density at radius 2 is 2.11 bits per heavy atom. The standard InChI is InChI=1S/C12H17N3O3S/c1-8-10(11(17)18)14-12(19-8)13-5-4-9(16)15-6-2-3-7-15/h2-7H2,1H3,(H,13,14)(H,17,18). The van der Waals surface area contributed by atoms with Crippen molar-refractivity contribution in [3.05, 3.63) is 10.6 Å². The highest BCUT2D eigenvalue weighted by Crippen LogP contribution is 2.21. The molecule has 0 aliphatic carbocycles. The van der Waals surface area contributed by atoms with Crippen LogP contribution in [0.15, 0.2) is 0 Å². The number of thiazole rings is 1. The Balaban J connectivity index is 1.80. The largest absolute Gasteiger partial charge is 0.476 e. The third-order valence-corrected chi connectivity index (χ3v) is 4.00. The van der Waals surface area contributed by atoms with Crippen LogP contribution in [0, 0.1) is 6.92 Å². The number of aromatic nitrogens is 1. The van der Waals surface area contributed by atoms with Crippen LogP contribution in [-0.2, 0) is 4.79 Å². The van der Waals surface area contributed by atoms with Gasteiger partial charge in [-0.25, -0.2) is 9.78 Å². The Bertz CT molecular complexity index is 481. The molecule has 2 heterocycles. The number of likely N-dealkylation sites (tertiary alicyclic amines) is 1. The van der Waals surface area contributed by atoms with Gasteiger partial charge in [-0.05, 0) is 19.8 Å². The highest BCUT2D eigenvalue weighted by atomic mass is 32.1. The van der Waals surface area contributed by atoms with E-state index in [1.54, 1.807) is 6.92 Å². The van der Waals surface area contributed by atoms with Crippen LogP contribution in [0.3, 0.4) is 0 Å². The molecule has 104 valence electrons. The number of amides is 1. The summed E-state index contributed by atoms with van der Waals surface area (Å²) in [7, 11) is 0. The second-order valence-electron chi connectivity index (χ2n) is 4.49. The monoisotopic (exact) mass is 283 g/mol. The number of aryl methyl sites for hydroxylation is 1. The van der Waals surface area contributed by atoms with Gasteiger partial charge in [0.2, 0.25) is 5.91 Å². The topological polar surface area (TPSA) is 82.5 Å². The molecule has 2 rings (SSSR count). The number of nitrogens with one attached hydrogen (secondary N) is 1. The van der Waals surface area contributed by atoms with Gasteiger partial charge in [-0.3, -0.25) is 4.79 Å². The van der Waals surface area contributed by atoms with Crippen molar-refractivity contribution in [1.82, 2.24) is 9.88 Å². The van der Waals surface area contributed by atoms with Crippen LogP contribution in [0.4, 0.5) is 5.13 Å². The van der Waals surface area contributed by atoms with E-state index in [1.807, 2.05) is 4.90 Å². The lowest BCUT2D eigenvalue weighted by molar-refractivity contribution is -0.129. The molecule has 1 aliphatic rings. The van der Waals surface area contributed by atoms with Crippen LogP contribution in [0.25, 0.3) is 0 Å². The van der Waals surface area contributed by atoms with Crippen molar-refractivity contribution >= 4 is 28.3 Å². The maximum absolute atomic E-state index is 11.8. The molecule has 1 aliphatic heterocycles. The van der Waals surface area contributed by atoms with Gasteiger partial charge in [-0.2, -0.15) is 0 Å². The van der Waals surface area contributed by atoms with E-state index < -0.39 is 5.97 Å². The summed E-state index contributed by atoms with van der Waals surface area (Å²) in [6.45, 7) is 3.93. The van der Waals surface area contributed by atoms with Crippen LogP contribution >= 0.6 is 11.3 Å². The number of aromatic carboxylic acids is 1. The average molecular weight is 283 g/mol. The highest BCUT2D eigenvalue weighted by molar-refractivity contribution is 7.15. The van der Waals surface area contributed by atoms with Crippen LogP contribution in [-0.4, -0.2) is 46.5 Å². The highest BCUT2D eigenvalue weighted by Gasteiger charge is 2.18. The smallest absolute Gasteiger partial charge is 0.355 e. The summed E-state index contributed by atoms with van der Waals surface area (Å²) >= 11 is 1.30. The van der Waals surface area contributed by atoms with Crippen molar-refractivity contribution in [2.45, 2.75) is 26.2 Å². The maximum atomic E-state index is 11.8. The molecular formula is C12H17N3O3S. The van der Waals surface area contributed by atoms with E-state index in [4.69, 9.17) is 5.11 Å².